The van der Waals surface area contributed by atoms with Gasteiger partial charge in [0.15, 0.2) is 0 Å². The summed E-state index contributed by atoms with van der Waals surface area (Å²) in [5.74, 6) is -1.00. The third-order valence-electron chi connectivity index (χ3n) is 19.3. The second-order valence-electron chi connectivity index (χ2n) is 29.1. The third-order valence-corrected chi connectivity index (χ3v) is 20.0. The lowest BCUT2D eigenvalue weighted by Gasteiger charge is -2.31. The van der Waals surface area contributed by atoms with Crippen LogP contribution in [0.25, 0.3) is 67.2 Å². The molecular formula is C87H82F9N15O7S. The van der Waals surface area contributed by atoms with Gasteiger partial charge < -0.3 is 56.3 Å². The molecule has 0 radical (unpaired) electrons. The van der Waals surface area contributed by atoms with Crippen LogP contribution in [0.1, 0.15) is 104 Å². The Kier molecular flexibility index (Phi) is 27.4. The highest BCUT2D eigenvalue weighted by molar-refractivity contribution is 7.16. The molecule has 0 aliphatic carbocycles. The van der Waals surface area contributed by atoms with Gasteiger partial charge in [0.1, 0.15) is 34.5 Å². The van der Waals surface area contributed by atoms with Crippen molar-refractivity contribution in [2.24, 2.45) is 0 Å². The van der Waals surface area contributed by atoms with E-state index in [1.807, 2.05) is 91.0 Å². The van der Waals surface area contributed by atoms with E-state index < -0.39 is 71.6 Å². The zero-order valence-corrected chi connectivity index (χ0v) is 65.2. The largest absolute Gasteiger partial charge is 0.433 e. The number of hydrogen-bond acceptors (Lipinski definition) is 18. The molecule has 0 bridgehead atoms. The van der Waals surface area contributed by atoms with Crippen LogP contribution in [-0.2, 0) is 43.1 Å². The minimum Gasteiger partial charge on any atom is -0.393 e. The molecular weight excluding hydrogens is 1570 g/mol. The summed E-state index contributed by atoms with van der Waals surface area (Å²) in [6.07, 6.45) is 5.81. The van der Waals surface area contributed by atoms with Gasteiger partial charge in [0.2, 0.25) is 23.6 Å². The molecule has 0 atom stereocenters. The summed E-state index contributed by atoms with van der Waals surface area (Å²) in [7, 11) is 0. The normalized spacial score (nSPS) is 14.8. The van der Waals surface area contributed by atoms with E-state index in [1.54, 1.807) is 69.1 Å². The number of aliphatic hydroxyl groups is 3. The maximum Gasteiger partial charge on any atom is 0.433 e. The van der Waals surface area contributed by atoms with Crippen molar-refractivity contribution in [2.45, 2.75) is 102 Å². The highest BCUT2D eigenvalue weighted by Gasteiger charge is 2.37. The van der Waals surface area contributed by atoms with Gasteiger partial charge in [-0.05, 0) is 184 Å². The number of halogens is 9. The molecule has 0 saturated carbocycles. The summed E-state index contributed by atoms with van der Waals surface area (Å²) < 4.78 is 119. The van der Waals surface area contributed by atoms with Crippen LogP contribution in [0.3, 0.4) is 0 Å². The summed E-state index contributed by atoms with van der Waals surface area (Å²) in [4.78, 5) is 86.1. The van der Waals surface area contributed by atoms with Crippen molar-refractivity contribution < 1.29 is 74.0 Å². The first-order valence-electron chi connectivity index (χ1n) is 37.9. The second-order valence-corrected chi connectivity index (χ2v) is 30.0. The molecule has 11 heterocycles. The van der Waals surface area contributed by atoms with Gasteiger partial charge >= 0.3 is 18.5 Å². The van der Waals surface area contributed by atoms with Crippen LogP contribution >= 0.6 is 11.3 Å². The number of amides is 4. The Bertz CT molecular complexity index is 5530. The van der Waals surface area contributed by atoms with Gasteiger partial charge in [0, 0.05) is 149 Å². The van der Waals surface area contributed by atoms with Crippen LogP contribution in [0, 0.1) is 0 Å². The predicted octanol–water partition coefficient (Wildman–Crippen LogP) is 17.4. The van der Waals surface area contributed by atoms with E-state index in [1.165, 1.54) is 78.3 Å². The van der Waals surface area contributed by atoms with E-state index in [-0.39, 0.29) is 28.8 Å². The number of nitrogens with zero attached hydrogens (tertiary/aromatic N) is 10. The van der Waals surface area contributed by atoms with E-state index in [4.69, 9.17) is 0 Å². The Hall–Kier alpha value is -12.8. The first kappa shape index (κ1) is 85.6. The van der Waals surface area contributed by atoms with Crippen LogP contribution in [0.4, 0.5) is 79.7 Å². The molecule has 15 rings (SSSR count). The molecule has 616 valence electrons. The summed E-state index contributed by atoms with van der Waals surface area (Å²) in [6.45, 7) is 8.67. The molecule has 8 aromatic heterocycles. The number of hydrogen-bond donors (Lipinski definition) is 8. The molecule has 3 aliphatic rings. The number of pyridine rings is 6. The Morgan fingerprint density at radius 2 is 0.866 bits per heavy atom. The maximum atomic E-state index is 13.2. The van der Waals surface area contributed by atoms with Crippen molar-refractivity contribution in [3.63, 3.8) is 0 Å². The highest BCUT2D eigenvalue weighted by Crippen LogP contribution is 2.37. The molecule has 4 aromatic carbocycles. The van der Waals surface area contributed by atoms with Gasteiger partial charge in [-0.3, -0.25) is 34.1 Å². The molecule has 0 spiro atoms. The maximum absolute atomic E-state index is 13.2. The quantitative estimate of drug-likeness (QED) is 0.0349. The summed E-state index contributed by atoms with van der Waals surface area (Å²) in [5.41, 5.74) is 7.74. The number of alkyl halides is 9. The molecule has 3 fully saturated rings. The van der Waals surface area contributed by atoms with Crippen molar-refractivity contribution >= 4 is 142 Å². The fourth-order valence-electron chi connectivity index (χ4n) is 12.9. The number of benzene rings is 4. The van der Waals surface area contributed by atoms with Crippen molar-refractivity contribution in [1.82, 2.24) is 39.9 Å². The monoisotopic (exact) mass is 1650 g/mol. The van der Waals surface area contributed by atoms with Crippen molar-refractivity contribution in [3.8, 4) is 0 Å². The Morgan fingerprint density at radius 3 is 1.36 bits per heavy atom. The van der Waals surface area contributed by atoms with Gasteiger partial charge in [-0.2, -0.15) is 39.5 Å². The van der Waals surface area contributed by atoms with Gasteiger partial charge in [-0.1, -0.05) is 57.2 Å². The average molecular weight is 1650 g/mol. The van der Waals surface area contributed by atoms with E-state index in [9.17, 15) is 74.0 Å². The summed E-state index contributed by atoms with van der Waals surface area (Å²) in [5, 5.41) is 43.0. The van der Waals surface area contributed by atoms with Crippen LogP contribution in [0.15, 0.2) is 206 Å². The van der Waals surface area contributed by atoms with Gasteiger partial charge in [0.05, 0.1) is 57.0 Å². The first-order valence-corrected chi connectivity index (χ1v) is 38.7. The van der Waals surface area contributed by atoms with E-state index in [0.29, 0.717) is 112 Å². The van der Waals surface area contributed by atoms with Gasteiger partial charge in [-0.15, -0.1) is 11.3 Å². The smallest absolute Gasteiger partial charge is 0.393 e. The number of H-pyrrole nitrogens is 1. The number of aromatic nitrogens is 8. The van der Waals surface area contributed by atoms with Crippen LogP contribution < -0.4 is 36.0 Å². The average Bonchev–Trinajstić information content (AvgIpc) is 1.81. The predicted molar refractivity (Wildman–Crippen MR) is 445 cm³/mol. The highest BCUT2D eigenvalue weighted by atomic mass is 32.1. The van der Waals surface area contributed by atoms with E-state index in [0.717, 1.165) is 78.1 Å². The number of fused-ring (bicyclic) bond motifs is 4. The molecule has 119 heavy (non-hydrogen) atoms. The SMILES string of the molecule is CC(C)(C)c1ccc(/C=C/C(=O)Nc2ccc3cccnc3c2)cn1.O=C(/C=C/c1ccc(C(F)(F)F)nc1N1CCC(O)CC1)Nc1ccc2[nH]ccc2c1.O=C(/C=C/c1ccc(C(F)(F)F)nc1N1CCC(O)CC1)Nc1ccc2ncsc2c1.O=C(/C=C/c1ccc(C(F)(F)F)nc1N1CCC(O)CC1)Nc1cnc2ccccc2c1. The minimum atomic E-state index is -4.58. The number of para-hydroxylation sites is 1. The number of piperidine rings is 3. The molecule has 8 N–H and O–H groups in total. The fraction of sp³-hybridized carbons (Fsp3) is 0.253. The minimum absolute atomic E-state index is 0.0176. The molecule has 22 nitrogen and oxygen atoms in total. The van der Waals surface area contributed by atoms with E-state index >= 15 is 0 Å². The number of aliphatic hydroxyl groups excluding tert-OH is 3. The molecule has 4 amide bonds. The number of rotatable bonds is 15. The Morgan fingerprint density at radius 1 is 0.420 bits per heavy atom. The number of aromatic amines is 1. The van der Waals surface area contributed by atoms with Crippen LogP contribution in [-0.4, -0.2) is 136 Å². The first-order chi connectivity index (χ1) is 56.8. The molecule has 0 unspecified atom stereocenters. The standard InChI is InChI=1S/C23H21F3N4O2.C22H21F3N4O2.C21H19F3N4O2S.C21H21N3O/c24-23(25,26)20-7-5-15(22(29-20)30-11-9-18(31)10-12-30)6-8-21(32)28-17-13-16-3-1-2-4-19(16)27-14-17;23-22(24,25)19-5-1-14(21(28-19)29-11-8-17(30)9-12-29)2-6-20(31)27-16-3-4-18-15(13-16)7-10-26-18;22-21(23,24)18-5-1-13(20(27-18)28-9-7-15(29)8-10-28)2-6-19(30)26-14-3-4-16-17(11-14)31-12-25-16;1-21(2,3)19-10-6-15(14-23-19)7-11-20(25)24-17-9-8-16-5-4-12-22-18(16)13-17/h1-8,13-14,18,31H,9-12H2,(H,28,32);1-7,10,13,17,26,30H,8-9,11-12H2,(H,27,31);1-6,11-12,15,29H,7-10H2,(H,26,30);4-14H,1-3H3,(H,24,25)/b8-6+;2*6-2+;11-7+. The van der Waals surface area contributed by atoms with Gasteiger partial charge in [0.25, 0.3) is 0 Å². The second kappa shape index (κ2) is 38.1. The van der Waals surface area contributed by atoms with Crippen molar-refractivity contribution in [3.05, 3.63) is 251 Å². The topological polar surface area (TPSA) is 293 Å². The number of carbonyl (C=O) groups is 4. The number of nitrogens with one attached hydrogen (secondary N) is 5. The molecule has 12 aromatic rings. The zero-order valence-electron chi connectivity index (χ0n) is 64.4. The lowest BCUT2D eigenvalue weighted by Crippen LogP contribution is -2.37. The van der Waals surface area contributed by atoms with Crippen LogP contribution in [0.2, 0.25) is 0 Å². The molecule has 32 heteroatoms. The molecule has 3 aliphatic heterocycles. The number of anilines is 7. The lowest BCUT2D eigenvalue weighted by molar-refractivity contribution is -0.141. The third kappa shape index (κ3) is 24.0. The van der Waals surface area contributed by atoms with Crippen LogP contribution in [0.5, 0.6) is 0 Å². The molecule has 3 saturated heterocycles. The van der Waals surface area contributed by atoms with Crippen molar-refractivity contribution in [2.75, 3.05) is 75.2 Å². The van der Waals surface area contributed by atoms with Gasteiger partial charge in [-0.25, -0.2) is 19.9 Å². The van der Waals surface area contributed by atoms with Crippen molar-refractivity contribution in [1.29, 1.82) is 0 Å². The summed E-state index contributed by atoms with van der Waals surface area (Å²) in [6, 6.07) is 42.1. The van der Waals surface area contributed by atoms with E-state index in [2.05, 4.69) is 81.9 Å². The summed E-state index contributed by atoms with van der Waals surface area (Å²) >= 11 is 1.46. The number of thiazole rings is 1. The number of carbonyl (C=O) groups excluding carboxylic acids is 4. The Labute approximate surface area is 681 Å². The lowest BCUT2D eigenvalue weighted by atomic mass is 9.91. The zero-order chi connectivity index (χ0) is 84.6. The Balaban J connectivity index is 0.000000146. The fourth-order valence-corrected chi connectivity index (χ4v) is 13.6.